The number of hydrogen-bond donors (Lipinski definition) is 0. The van der Waals surface area contributed by atoms with Gasteiger partial charge in [0.2, 0.25) is 0 Å². The molecule has 128 valence electrons. The molecule has 0 saturated heterocycles. The van der Waals surface area contributed by atoms with Crippen LogP contribution in [0.5, 0.6) is 0 Å². The van der Waals surface area contributed by atoms with Crippen molar-refractivity contribution in [1.29, 1.82) is 0 Å². The Labute approximate surface area is 148 Å². The molecular formula is C18H25N4PS. The van der Waals surface area contributed by atoms with Gasteiger partial charge in [0, 0.05) is 20.2 Å². The second-order valence-corrected chi connectivity index (χ2v) is 11.2. The first-order chi connectivity index (χ1) is 11.4. The minimum atomic E-state index is -1.96. The second kappa shape index (κ2) is 6.58. The summed E-state index contributed by atoms with van der Waals surface area (Å²) in [6.07, 6.45) is 0. The molecule has 0 bridgehead atoms. The molecule has 0 amide bonds. The zero-order chi connectivity index (χ0) is 17.5. The Hall–Kier alpha value is -1.23. The summed E-state index contributed by atoms with van der Waals surface area (Å²) in [6.45, 7) is 0. The van der Waals surface area contributed by atoms with E-state index in [1.807, 2.05) is 11.3 Å². The van der Waals surface area contributed by atoms with Crippen LogP contribution in [-0.4, -0.2) is 56.3 Å². The average molecular weight is 360 g/mol. The highest BCUT2D eigenvalue weighted by Crippen LogP contribution is 2.58. The minimum absolute atomic E-state index is 1.08. The lowest BCUT2D eigenvalue weighted by Gasteiger charge is -2.41. The molecule has 0 aliphatic heterocycles. The van der Waals surface area contributed by atoms with Gasteiger partial charge in [-0.05, 0) is 60.5 Å². The molecule has 4 nitrogen and oxygen atoms in total. The number of hydrogen-bond acceptors (Lipinski definition) is 2. The van der Waals surface area contributed by atoms with Crippen molar-refractivity contribution in [2.24, 2.45) is 4.74 Å². The van der Waals surface area contributed by atoms with E-state index in [2.05, 4.69) is 98.8 Å². The highest BCUT2D eigenvalue weighted by Gasteiger charge is 2.29. The molecular weight excluding hydrogens is 335 g/mol. The summed E-state index contributed by atoms with van der Waals surface area (Å²) in [5.41, 5.74) is 1.08. The van der Waals surface area contributed by atoms with Crippen molar-refractivity contribution in [3.63, 3.8) is 0 Å². The quantitative estimate of drug-likeness (QED) is 0.588. The van der Waals surface area contributed by atoms with Gasteiger partial charge < -0.3 is 0 Å². The van der Waals surface area contributed by atoms with Crippen molar-refractivity contribution in [2.75, 3.05) is 42.3 Å². The summed E-state index contributed by atoms with van der Waals surface area (Å²) in [6, 6.07) is 15.1. The van der Waals surface area contributed by atoms with Gasteiger partial charge in [-0.3, -0.25) is 14.0 Å². The van der Waals surface area contributed by atoms with Gasteiger partial charge in [-0.25, -0.2) is 4.74 Å². The van der Waals surface area contributed by atoms with Crippen LogP contribution in [0.2, 0.25) is 0 Å². The van der Waals surface area contributed by atoms with E-state index in [9.17, 15) is 0 Å². The number of nitrogens with zero attached hydrogens (tertiary/aromatic N) is 4. The molecule has 0 aliphatic rings. The van der Waals surface area contributed by atoms with Gasteiger partial charge in [0.1, 0.15) is 0 Å². The molecule has 2 aromatic carbocycles. The fourth-order valence-corrected chi connectivity index (χ4v) is 7.59. The number of rotatable bonds is 4. The number of fused-ring (bicyclic) bond motifs is 3. The second-order valence-electron chi connectivity index (χ2n) is 6.43. The Kier molecular flexibility index (Phi) is 4.82. The van der Waals surface area contributed by atoms with Crippen LogP contribution in [0, 0.1) is 0 Å². The van der Waals surface area contributed by atoms with Crippen LogP contribution in [0.15, 0.2) is 47.2 Å². The van der Waals surface area contributed by atoms with Crippen molar-refractivity contribution in [3.8, 4) is 0 Å². The van der Waals surface area contributed by atoms with E-state index < -0.39 is 7.51 Å². The first-order valence-electron chi connectivity index (χ1n) is 7.94. The molecule has 0 radical (unpaired) electrons. The third-order valence-corrected chi connectivity index (χ3v) is 9.07. The maximum absolute atomic E-state index is 5.33. The van der Waals surface area contributed by atoms with E-state index in [4.69, 9.17) is 4.74 Å². The van der Waals surface area contributed by atoms with Crippen LogP contribution < -0.4 is 0 Å². The van der Waals surface area contributed by atoms with Gasteiger partial charge >= 0.3 is 0 Å². The lowest BCUT2D eigenvalue weighted by Crippen LogP contribution is -2.30. The topological polar surface area (TPSA) is 22.1 Å². The molecule has 3 aromatic rings. The molecule has 1 aromatic heterocycles. The molecule has 1 heterocycles. The highest BCUT2D eigenvalue weighted by atomic mass is 32.1. The third kappa shape index (κ3) is 2.71. The highest BCUT2D eigenvalue weighted by molar-refractivity contribution is 7.59. The van der Waals surface area contributed by atoms with Crippen molar-refractivity contribution in [3.05, 3.63) is 42.5 Å². The van der Waals surface area contributed by atoms with E-state index in [0.29, 0.717) is 0 Å². The molecule has 0 spiro atoms. The van der Waals surface area contributed by atoms with E-state index in [0.717, 1.165) is 5.69 Å². The van der Waals surface area contributed by atoms with Crippen molar-refractivity contribution >= 4 is 44.7 Å². The third-order valence-electron chi connectivity index (χ3n) is 4.23. The van der Waals surface area contributed by atoms with Crippen molar-refractivity contribution in [2.45, 2.75) is 0 Å². The molecule has 0 saturated carbocycles. The molecule has 0 fully saturated rings. The van der Waals surface area contributed by atoms with E-state index >= 15 is 0 Å². The smallest absolute Gasteiger partial charge is 0.171 e. The summed E-state index contributed by atoms with van der Waals surface area (Å²) in [7, 11) is 10.7. The van der Waals surface area contributed by atoms with Crippen LogP contribution in [0.25, 0.3) is 20.2 Å². The van der Waals surface area contributed by atoms with E-state index in [1.54, 1.807) is 0 Å². The van der Waals surface area contributed by atoms with Gasteiger partial charge in [-0.15, -0.1) is 11.3 Å². The monoisotopic (exact) mass is 360 g/mol. The predicted octanol–water partition coefficient (Wildman–Crippen LogP) is 5.32. The average Bonchev–Trinajstić information content (AvgIpc) is 2.90. The molecule has 3 rings (SSSR count). The standard InChI is InChI=1S/C18H25N4PS/c1-20(2)23(21(3)4,22(5)6)19-15-11-9-13-17-18(15)14-10-7-8-12-16(14)24-17/h7-13H,1-6H3. The lowest BCUT2D eigenvalue weighted by atomic mass is 10.1. The summed E-state index contributed by atoms with van der Waals surface area (Å²) in [4.78, 5) is 0. The van der Waals surface area contributed by atoms with Crippen LogP contribution >= 0.6 is 18.8 Å². The number of benzene rings is 2. The fraction of sp³-hybridized carbons (Fsp3) is 0.333. The Morgan fingerprint density at radius 3 is 1.96 bits per heavy atom. The van der Waals surface area contributed by atoms with Crippen LogP contribution in [0.4, 0.5) is 5.69 Å². The predicted molar refractivity (Wildman–Crippen MR) is 109 cm³/mol. The summed E-state index contributed by atoms with van der Waals surface area (Å²) >= 11 is 1.84. The Bertz CT molecular complexity index is 899. The van der Waals surface area contributed by atoms with Crippen LogP contribution in [0.1, 0.15) is 0 Å². The molecule has 0 unspecified atom stereocenters. The first-order valence-corrected chi connectivity index (χ1v) is 10.4. The largest absolute Gasteiger partial charge is 0.252 e. The van der Waals surface area contributed by atoms with Crippen LogP contribution in [-0.2, 0) is 0 Å². The summed E-state index contributed by atoms with van der Waals surface area (Å²) in [5, 5.41) is 2.57. The minimum Gasteiger partial charge on any atom is -0.252 e. The van der Waals surface area contributed by atoms with E-state index in [-0.39, 0.29) is 0 Å². The lowest BCUT2D eigenvalue weighted by molar-refractivity contribution is 0.474. The van der Waals surface area contributed by atoms with Gasteiger partial charge in [0.25, 0.3) is 0 Å². The Morgan fingerprint density at radius 1 is 0.750 bits per heavy atom. The van der Waals surface area contributed by atoms with Crippen molar-refractivity contribution in [1.82, 2.24) is 14.0 Å². The van der Waals surface area contributed by atoms with Gasteiger partial charge in [0.05, 0.1) is 5.69 Å². The maximum atomic E-state index is 5.33. The van der Waals surface area contributed by atoms with Gasteiger partial charge in [-0.1, -0.05) is 24.3 Å². The number of thiophene rings is 1. The SMILES string of the molecule is CN(C)P(=Nc1cccc2sc3ccccc3c12)(N(C)C)N(C)C. The molecule has 24 heavy (non-hydrogen) atoms. The summed E-state index contributed by atoms with van der Waals surface area (Å²) in [5.74, 6) is 0. The Morgan fingerprint density at radius 2 is 1.33 bits per heavy atom. The molecule has 0 N–H and O–H groups in total. The molecule has 0 aliphatic carbocycles. The van der Waals surface area contributed by atoms with Crippen LogP contribution in [0.3, 0.4) is 0 Å². The summed E-state index contributed by atoms with van der Waals surface area (Å²) < 4.78 is 14.7. The van der Waals surface area contributed by atoms with Crippen molar-refractivity contribution < 1.29 is 0 Å². The van der Waals surface area contributed by atoms with Gasteiger partial charge in [0.15, 0.2) is 7.51 Å². The fourth-order valence-electron chi connectivity index (χ4n) is 3.33. The molecule has 0 atom stereocenters. The molecule has 6 heteroatoms. The zero-order valence-corrected chi connectivity index (χ0v) is 16.9. The van der Waals surface area contributed by atoms with E-state index in [1.165, 1.54) is 20.2 Å². The first kappa shape index (κ1) is 17.6. The Balaban J connectivity index is 2.40. The van der Waals surface area contributed by atoms with Gasteiger partial charge in [-0.2, -0.15) is 0 Å². The normalized spacial score (nSPS) is 12.9. The zero-order valence-electron chi connectivity index (χ0n) is 15.2. The maximum Gasteiger partial charge on any atom is 0.171 e.